The van der Waals surface area contributed by atoms with Crippen LogP contribution in [0.2, 0.25) is 0 Å². The fourth-order valence-corrected chi connectivity index (χ4v) is 5.84. The van der Waals surface area contributed by atoms with Crippen molar-refractivity contribution in [1.29, 1.82) is 0 Å². The third kappa shape index (κ3) is 7.16. The summed E-state index contributed by atoms with van der Waals surface area (Å²) >= 11 is 0. The van der Waals surface area contributed by atoms with Crippen LogP contribution in [0.1, 0.15) is 29.8 Å². The maximum Gasteiger partial charge on any atom is 0.262 e. The minimum Gasteiger partial charge on any atom is -0.497 e. The van der Waals surface area contributed by atoms with Gasteiger partial charge in [-0.1, -0.05) is 25.1 Å². The van der Waals surface area contributed by atoms with Crippen molar-refractivity contribution in [3.8, 4) is 11.5 Å². The minimum absolute atomic E-state index is 0.0914. The average Bonchev–Trinajstić information content (AvgIpc) is 2.95. The van der Waals surface area contributed by atoms with Crippen molar-refractivity contribution in [3.05, 3.63) is 83.7 Å². The summed E-state index contributed by atoms with van der Waals surface area (Å²) in [5.74, 6) is -0.227. The molecule has 11 heteroatoms. The molecule has 3 aromatic rings. The number of aliphatic hydroxyl groups is 1. The normalized spacial score (nSPS) is 18.2. The molecule has 4 rings (SSSR count). The number of benzene rings is 3. The van der Waals surface area contributed by atoms with Crippen molar-refractivity contribution < 1.29 is 32.2 Å². The highest BCUT2D eigenvalue weighted by molar-refractivity contribution is 7.92. The maximum atomic E-state index is 13.7. The Morgan fingerprint density at radius 3 is 2.46 bits per heavy atom. The van der Waals surface area contributed by atoms with Gasteiger partial charge < -0.3 is 19.5 Å². The first-order valence-corrected chi connectivity index (χ1v) is 14.8. The Balaban J connectivity index is 1.68. The highest BCUT2D eigenvalue weighted by atomic mass is 32.2. The number of hydrogen-bond acceptors (Lipinski definition) is 7. The number of nitrogens with one attached hydrogen (secondary N) is 1. The number of likely N-dealkylation sites (N-methyl/N-ethyl adjacent to an activating group) is 1. The highest BCUT2D eigenvalue weighted by Gasteiger charge is 2.35. The van der Waals surface area contributed by atoms with Gasteiger partial charge in [-0.3, -0.25) is 14.4 Å². The zero-order valence-electron chi connectivity index (χ0n) is 23.6. The molecule has 3 aromatic carbocycles. The lowest BCUT2D eigenvalue weighted by Gasteiger charge is -2.38. The Kier molecular flexibility index (Phi) is 9.52. The zero-order valence-corrected chi connectivity index (χ0v) is 24.4. The summed E-state index contributed by atoms with van der Waals surface area (Å²) in [5.41, 5.74) is 1.35. The number of fused-ring (bicyclic) bond motifs is 1. The molecule has 1 heterocycles. The van der Waals surface area contributed by atoms with Crippen molar-refractivity contribution in [2.45, 2.75) is 37.4 Å². The third-order valence-electron chi connectivity index (χ3n) is 7.16. The Hall–Kier alpha value is -3.67. The first-order valence-electron chi connectivity index (χ1n) is 13.3. The van der Waals surface area contributed by atoms with Crippen LogP contribution >= 0.6 is 0 Å². The summed E-state index contributed by atoms with van der Waals surface area (Å²) in [6.07, 6.45) is -0.435. The molecule has 0 saturated heterocycles. The molecular weight excluding hydrogens is 549 g/mol. The molecule has 41 heavy (non-hydrogen) atoms. The second-order valence-electron chi connectivity index (χ2n) is 10.4. The van der Waals surface area contributed by atoms with E-state index in [0.717, 1.165) is 23.4 Å². The van der Waals surface area contributed by atoms with Crippen LogP contribution in [-0.4, -0.2) is 75.2 Å². The van der Waals surface area contributed by atoms with E-state index in [1.165, 1.54) is 18.2 Å². The number of carbonyl (C=O) groups is 1. The molecule has 0 fully saturated rings. The smallest absolute Gasteiger partial charge is 0.262 e. The van der Waals surface area contributed by atoms with Gasteiger partial charge in [0.15, 0.2) is 5.75 Å². The molecular formula is C30H36FN3O6S. The third-order valence-corrected chi connectivity index (χ3v) is 8.54. The first kappa shape index (κ1) is 30.3. The average molecular weight is 586 g/mol. The van der Waals surface area contributed by atoms with E-state index in [1.54, 1.807) is 31.1 Å². The second-order valence-corrected chi connectivity index (χ2v) is 12.1. The topological polar surface area (TPSA) is 108 Å². The van der Waals surface area contributed by atoms with Gasteiger partial charge in [0.25, 0.3) is 15.9 Å². The number of para-hydroxylation sites is 1. The Morgan fingerprint density at radius 1 is 1.15 bits per heavy atom. The number of amides is 1. The Morgan fingerprint density at radius 2 is 1.83 bits per heavy atom. The molecule has 1 amide bonds. The number of ether oxygens (including phenoxy) is 2. The summed E-state index contributed by atoms with van der Waals surface area (Å²) in [7, 11) is -0.542. The number of sulfonamides is 1. The zero-order chi connectivity index (χ0) is 29.7. The molecule has 3 atom stereocenters. The van der Waals surface area contributed by atoms with Gasteiger partial charge >= 0.3 is 0 Å². The van der Waals surface area contributed by atoms with Crippen molar-refractivity contribution >= 4 is 21.6 Å². The molecule has 0 saturated carbocycles. The molecule has 0 aromatic heterocycles. The van der Waals surface area contributed by atoms with E-state index >= 15 is 0 Å². The van der Waals surface area contributed by atoms with Crippen molar-refractivity contribution in [1.82, 2.24) is 9.80 Å². The van der Waals surface area contributed by atoms with Gasteiger partial charge in [0.05, 0.1) is 35.9 Å². The standard InChI is InChI=1S/C30H36FN3O6S/c1-20-16-34(21(2)19-35)30(36)26-6-5-7-27(32-41(37,38)25-14-10-23(31)11-15-25)29(26)40-28(20)18-33(3)17-22-8-12-24(39-4)13-9-22/h5-15,20-21,28,32,35H,16-19H2,1-4H3/t20-,21+,28+/m0/s1. The van der Waals surface area contributed by atoms with Crippen LogP contribution in [0.4, 0.5) is 10.1 Å². The summed E-state index contributed by atoms with van der Waals surface area (Å²) in [6.45, 7) is 4.94. The fraction of sp³-hybridized carbons (Fsp3) is 0.367. The number of nitrogens with zero attached hydrogens (tertiary/aromatic N) is 2. The lowest BCUT2D eigenvalue weighted by Crippen LogP contribution is -2.49. The Bertz CT molecular complexity index is 1450. The molecule has 2 N–H and O–H groups in total. The predicted octanol–water partition coefficient (Wildman–Crippen LogP) is 3.99. The number of rotatable bonds is 10. The van der Waals surface area contributed by atoms with Crippen LogP contribution in [0, 0.1) is 11.7 Å². The van der Waals surface area contributed by atoms with Crippen LogP contribution in [0.5, 0.6) is 11.5 Å². The van der Waals surface area contributed by atoms with Gasteiger partial charge in [-0.2, -0.15) is 0 Å². The summed E-state index contributed by atoms with van der Waals surface area (Å²) in [5, 5.41) is 9.91. The molecule has 1 aliphatic heterocycles. The largest absolute Gasteiger partial charge is 0.497 e. The number of hydrogen-bond donors (Lipinski definition) is 2. The van der Waals surface area contributed by atoms with Gasteiger partial charge in [-0.05, 0) is 68.1 Å². The van der Waals surface area contributed by atoms with Gasteiger partial charge in [-0.25, -0.2) is 12.8 Å². The number of halogens is 1. The number of anilines is 1. The minimum atomic E-state index is -4.12. The van der Waals surface area contributed by atoms with Gasteiger partial charge in [0.2, 0.25) is 0 Å². The Labute approximate surface area is 240 Å². The van der Waals surface area contributed by atoms with Gasteiger partial charge in [-0.15, -0.1) is 0 Å². The highest BCUT2D eigenvalue weighted by Crippen LogP contribution is 2.36. The van der Waals surface area contributed by atoms with Crippen molar-refractivity contribution in [2.24, 2.45) is 5.92 Å². The number of methoxy groups -OCH3 is 1. The summed E-state index contributed by atoms with van der Waals surface area (Å²) in [6, 6.07) is 16.4. The number of aliphatic hydroxyl groups excluding tert-OH is 1. The van der Waals surface area contributed by atoms with Gasteiger partial charge in [0.1, 0.15) is 17.7 Å². The van der Waals surface area contributed by atoms with Crippen LogP contribution in [0.3, 0.4) is 0 Å². The van der Waals surface area contributed by atoms with Crippen molar-refractivity contribution in [3.63, 3.8) is 0 Å². The lowest BCUT2D eigenvalue weighted by molar-refractivity contribution is 0.0344. The number of carbonyl (C=O) groups excluding carboxylic acids is 1. The summed E-state index contributed by atoms with van der Waals surface area (Å²) in [4.78, 5) is 17.2. The molecule has 0 unspecified atom stereocenters. The van der Waals surface area contributed by atoms with E-state index in [9.17, 15) is 22.7 Å². The van der Waals surface area contributed by atoms with E-state index in [0.29, 0.717) is 19.6 Å². The maximum absolute atomic E-state index is 13.7. The molecule has 220 valence electrons. The van der Waals surface area contributed by atoms with Crippen LogP contribution in [0.25, 0.3) is 0 Å². The van der Waals surface area contributed by atoms with Crippen molar-refractivity contribution in [2.75, 3.05) is 38.6 Å². The van der Waals surface area contributed by atoms with Crippen LogP contribution in [-0.2, 0) is 16.6 Å². The SMILES string of the molecule is COc1ccc(CN(C)C[C@H]2Oc3c(NS(=O)(=O)c4ccc(F)cc4)cccc3C(=O)N([C@H](C)CO)C[C@@H]2C)cc1. The predicted molar refractivity (Wildman–Crippen MR) is 154 cm³/mol. The van der Waals surface area contributed by atoms with E-state index in [1.807, 2.05) is 38.2 Å². The molecule has 0 bridgehead atoms. The fourth-order valence-electron chi connectivity index (χ4n) is 4.77. The monoisotopic (exact) mass is 585 g/mol. The van der Waals surface area contributed by atoms with E-state index in [-0.39, 0.29) is 40.3 Å². The first-order chi connectivity index (χ1) is 19.5. The van der Waals surface area contributed by atoms with Gasteiger partial charge in [0, 0.05) is 25.6 Å². The van der Waals surface area contributed by atoms with E-state index < -0.39 is 28.0 Å². The molecule has 9 nitrogen and oxygen atoms in total. The second kappa shape index (κ2) is 12.9. The van der Waals surface area contributed by atoms with E-state index in [2.05, 4.69) is 9.62 Å². The van der Waals surface area contributed by atoms with Crippen LogP contribution < -0.4 is 14.2 Å². The van der Waals surface area contributed by atoms with E-state index in [4.69, 9.17) is 9.47 Å². The molecule has 0 aliphatic carbocycles. The summed E-state index contributed by atoms with van der Waals surface area (Å²) < 4.78 is 54.1. The molecule has 0 radical (unpaired) electrons. The lowest BCUT2D eigenvalue weighted by atomic mass is 9.99. The van der Waals surface area contributed by atoms with Crippen LogP contribution in [0.15, 0.2) is 71.6 Å². The quantitative estimate of drug-likeness (QED) is 0.371. The molecule has 1 aliphatic rings. The molecule has 0 spiro atoms.